The van der Waals surface area contributed by atoms with Crippen LogP contribution in [0, 0.1) is 0 Å². The maximum Gasteiger partial charge on any atom is 0.235 e. The van der Waals surface area contributed by atoms with Gasteiger partial charge in [-0.05, 0) is 18.9 Å². The quantitative estimate of drug-likeness (QED) is 0.749. The molecule has 1 aliphatic carbocycles. The van der Waals surface area contributed by atoms with Gasteiger partial charge >= 0.3 is 0 Å². The maximum atomic E-state index is 12.4. The standard InChI is InChI=1S/C18H28N2O4S/c1-24-17-12-8-7-9-15(17)13-20(25(2,22)23)14-18(21)19-16-10-5-3-4-6-11-16/h7-9,12,16H,3-6,10-11,13-14H2,1-2H3,(H,19,21). The molecule has 0 heterocycles. The van der Waals surface area contributed by atoms with E-state index in [1.165, 1.54) is 17.1 Å². The van der Waals surface area contributed by atoms with E-state index in [-0.39, 0.29) is 25.0 Å². The van der Waals surface area contributed by atoms with Crippen molar-refractivity contribution in [2.24, 2.45) is 0 Å². The van der Waals surface area contributed by atoms with Gasteiger partial charge in [0.15, 0.2) is 0 Å². The molecule has 1 aromatic rings. The summed E-state index contributed by atoms with van der Waals surface area (Å²) in [5.41, 5.74) is 0.734. The van der Waals surface area contributed by atoms with Gasteiger partial charge in [0.2, 0.25) is 15.9 Å². The molecule has 7 heteroatoms. The van der Waals surface area contributed by atoms with Crippen molar-refractivity contribution < 1.29 is 17.9 Å². The minimum atomic E-state index is -3.51. The van der Waals surface area contributed by atoms with E-state index in [0.29, 0.717) is 5.75 Å². The summed E-state index contributed by atoms with van der Waals surface area (Å²) in [5, 5.41) is 3.00. The summed E-state index contributed by atoms with van der Waals surface area (Å²) in [6.07, 6.45) is 7.70. The normalized spacial score (nSPS) is 16.4. The number of carbonyl (C=O) groups is 1. The molecule has 0 spiro atoms. The van der Waals surface area contributed by atoms with Gasteiger partial charge in [0.1, 0.15) is 5.75 Å². The third-order valence-electron chi connectivity index (χ3n) is 4.55. The Hall–Kier alpha value is -1.60. The lowest BCUT2D eigenvalue weighted by molar-refractivity contribution is -0.122. The first kappa shape index (κ1) is 19.7. The molecular formula is C18H28N2O4S. The molecule has 0 radical (unpaired) electrons. The number of nitrogens with one attached hydrogen (secondary N) is 1. The lowest BCUT2D eigenvalue weighted by Gasteiger charge is -2.23. The summed E-state index contributed by atoms with van der Waals surface area (Å²) < 4.78 is 30.7. The molecule has 1 amide bonds. The Balaban J connectivity index is 2.03. The number of amides is 1. The second-order valence-electron chi connectivity index (χ2n) is 6.60. The van der Waals surface area contributed by atoms with Gasteiger partial charge < -0.3 is 10.1 Å². The SMILES string of the molecule is COc1ccccc1CN(CC(=O)NC1CCCCCC1)S(C)(=O)=O. The zero-order valence-corrected chi connectivity index (χ0v) is 15.8. The highest BCUT2D eigenvalue weighted by atomic mass is 32.2. The van der Waals surface area contributed by atoms with Crippen LogP contribution in [0.2, 0.25) is 0 Å². The number of nitrogens with zero attached hydrogens (tertiary/aromatic N) is 1. The lowest BCUT2D eigenvalue weighted by atomic mass is 10.1. The van der Waals surface area contributed by atoms with Crippen LogP contribution < -0.4 is 10.1 Å². The van der Waals surface area contributed by atoms with Crippen molar-refractivity contribution in [3.8, 4) is 5.75 Å². The first-order chi connectivity index (χ1) is 11.9. The first-order valence-corrected chi connectivity index (χ1v) is 10.6. The van der Waals surface area contributed by atoms with Gasteiger partial charge in [-0.15, -0.1) is 0 Å². The van der Waals surface area contributed by atoms with Crippen LogP contribution in [0.5, 0.6) is 5.75 Å². The number of rotatable bonds is 7. The molecule has 6 nitrogen and oxygen atoms in total. The number of hydrogen-bond donors (Lipinski definition) is 1. The number of sulfonamides is 1. The lowest BCUT2D eigenvalue weighted by Crippen LogP contribution is -2.43. The van der Waals surface area contributed by atoms with Gasteiger partial charge in [0, 0.05) is 18.2 Å². The van der Waals surface area contributed by atoms with Gasteiger partial charge in [0.25, 0.3) is 0 Å². The predicted molar refractivity (Wildman–Crippen MR) is 97.9 cm³/mol. The predicted octanol–water partition coefficient (Wildman–Crippen LogP) is 2.30. The van der Waals surface area contributed by atoms with E-state index in [0.717, 1.165) is 37.5 Å². The Morgan fingerprint density at radius 1 is 1.20 bits per heavy atom. The zero-order chi connectivity index (χ0) is 18.3. The summed E-state index contributed by atoms with van der Waals surface area (Å²) in [4.78, 5) is 12.4. The van der Waals surface area contributed by atoms with E-state index in [4.69, 9.17) is 4.74 Å². The summed E-state index contributed by atoms with van der Waals surface area (Å²) in [6.45, 7) is -0.0612. The number of carbonyl (C=O) groups excluding carboxylic acids is 1. The van der Waals surface area contributed by atoms with Gasteiger partial charge in [-0.3, -0.25) is 4.79 Å². The molecule has 25 heavy (non-hydrogen) atoms. The van der Waals surface area contributed by atoms with Crippen molar-refractivity contribution in [1.29, 1.82) is 0 Å². The minimum absolute atomic E-state index is 0.112. The van der Waals surface area contributed by atoms with E-state index in [1.807, 2.05) is 12.1 Å². The van der Waals surface area contributed by atoms with E-state index >= 15 is 0 Å². The van der Waals surface area contributed by atoms with Crippen LogP contribution in [0.25, 0.3) is 0 Å². The van der Waals surface area contributed by atoms with E-state index in [2.05, 4.69) is 5.32 Å². The van der Waals surface area contributed by atoms with Crippen molar-refractivity contribution in [3.63, 3.8) is 0 Å². The molecule has 0 bridgehead atoms. The molecule has 140 valence electrons. The van der Waals surface area contributed by atoms with Crippen molar-refractivity contribution in [1.82, 2.24) is 9.62 Å². The van der Waals surface area contributed by atoms with Crippen molar-refractivity contribution in [3.05, 3.63) is 29.8 Å². The topological polar surface area (TPSA) is 75.7 Å². The highest BCUT2D eigenvalue weighted by Gasteiger charge is 2.23. The first-order valence-electron chi connectivity index (χ1n) is 8.76. The largest absolute Gasteiger partial charge is 0.496 e. The van der Waals surface area contributed by atoms with Crippen LogP contribution in [0.3, 0.4) is 0 Å². The summed E-state index contributed by atoms with van der Waals surface area (Å²) >= 11 is 0. The molecule has 1 N–H and O–H groups in total. The molecule has 2 rings (SSSR count). The highest BCUT2D eigenvalue weighted by molar-refractivity contribution is 7.88. The fourth-order valence-electron chi connectivity index (χ4n) is 3.17. The Morgan fingerprint density at radius 2 is 1.84 bits per heavy atom. The van der Waals surface area contributed by atoms with Crippen LogP contribution in [0.15, 0.2) is 24.3 Å². The van der Waals surface area contributed by atoms with Crippen molar-refractivity contribution in [2.75, 3.05) is 19.9 Å². The minimum Gasteiger partial charge on any atom is -0.496 e. The molecule has 0 aromatic heterocycles. The van der Waals surface area contributed by atoms with Gasteiger partial charge in [-0.2, -0.15) is 4.31 Å². The molecule has 0 aliphatic heterocycles. The number of ether oxygens (including phenoxy) is 1. The molecule has 1 aromatic carbocycles. The van der Waals surface area contributed by atoms with Gasteiger partial charge in [0.05, 0.1) is 19.9 Å². The molecule has 0 atom stereocenters. The highest BCUT2D eigenvalue weighted by Crippen LogP contribution is 2.21. The third kappa shape index (κ3) is 6.32. The summed E-state index contributed by atoms with van der Waals surface area (Å²) in [6, 6.07) is 7.39. The van der Waals surface area contributed by atoms with Crippen LogP contribution in [-0.2, 0) is 21.4 Å². The maximum absolute atomic E-state index is 12.4. The molecule has 0 unspecified atom stereocenters. The smallest absolute Gasteiger partial charge is 0.235 e. The number of methoxy groups -OCH3 is 1. The second kappa shape index (κ2) is 9.20. The number of para-hydroxylation sites is 1. The monoisotopic (exact) mass is 368 g/mol. The fraction of sp³-hybridized carbons (Fsp3) is 0.611. The van der Waals surface area contributed by atoms with E-state index < -0.39 is 10.0 Å². The van der Waals surface area contributed by atoms with Crippen LogP contribution in [-0.4, -0.2) is 44.6 Å². The molecule has 1 saturated carbocycles. The van der Waals surface area contributed by atoms with Crippen molar-refractivity contribution in [2.45, 2.75) is 51.1 Å². The average molecular weight is 368 g/mol. The van der Waals surface area contributed by atoms with Crippen molar-refractivity contribution >= 4 is 15.9 Å². The fourth-order valence-corrected chi connectivity index (χ4v) is 3.90. The molecular weight excluding hydrogens is 340 g/mol. The van der Waals surface area contributed by atoms with Gasteiger partial charge in [-0.25, -0.2) is 8.42 Å². The van der Waals surface area contributed by atoms with Gasteiger partial charge in [-0.1, -0.05) is 43.9 Å². The molecule has 1 fully saturated rings. The Morgan fingerprint density at radius 3 is 2.44 bits per heavy atom. The summed E-state index contributed by atoms with van der Waals surface area (Å²) in [7, 11) is -1.97. The van der Waals surface area contributed by atoms with Crippen LogP contribution in [0.1, 0.15) is 44.1 Å². The molecule has 0 saturated heterocycles. The summed E-state index contributed by atoms with van der Waals surface area (Å²) in [5.74, 6) is 0.368. The number of hydrogen-bond acceptors (Lipinski definition) is 4. The zero-order valence-electron chi connectivity index (χ0n) is 15.0. The average Bonchev–Trinajstić information content (AvgIpc) is 2.82. The van der Waals surface area contributed by atoms with E-state index in [9.17, 15) is 13.2 Å². The molecule has 1 aliphatic rings. The third-order valence-corrected chi connectivity index (χ3v) is 5.74. The Bertz CT molecular complexity index is 667. The Labute approximate surface area is 150 Å². The second-order valence-corrected chi connectivity index (χ2v) is 8.58. The Kier molecular flexibility index (Phi) is 7.25. The van der Waals surface area contributed by atoms with E-state index in [1.54, 1.807) is 19.2 Å². The van der Waals surface area contributed by atoms with Crippen LogP contribution in [0.4, 0.5) is 0 Å². The number of benzene rings is 1. The van der Waals surface area contributed by atoms with Crippen LogP contribution >= 0.6 is 0 Å².